The second kappa shape index (κ2) is 7.46. The van der Waals surface area contributed by atoms with Gasteiger partial charge in [-0.05, 0) is 18.2 Å². The van der Waals surface area contributed by atoms with Crippen LogP contribution in [-0.4, -0.2) is 25.0 Å². The summed E-state index contributed by atoms with van der Waals surface area (Å²) >= 11 is 0. The largest absolute Gasteiger partial charge is 0.595 e. The SMILES string of the molecule is O=S(=O)(N/N=C/c1ccccc1[NH+]([O-])O)c1ccc([NH+]([O-])O)cc1. The predicted molar refractivity (Wildman–Crippen MR) is 82.4 cm³/mol. The van der Waals surface area contributed by atoms with Crippen LogP contribution in [0.1, 0.15) is 5.56 Å². The summed E-state index contributed by atoms with van der Waals surface area (Å²) in [5.41, 5.74) is 0.160. The van der Waals surface area contributed by atoms with E-state index in [9.17, 15) is 18.8 Å². The van der Waals surface area contributed by atoms with E-state index in [0.717, 1.165) is 30.5 Å². The summed E-state index contributed by atoms with van der Waals surface area (Å²) in [6.45, 7) is 0. The number of sulfonamides is 1. The lowest BCUT2D eigenvalue weighted by atomic mass is 10.2. The maximum absolute atomic E-state index is 12.0. The van der Waals surface area contributed by atoms with Crippen molar-refractivity contribution in [3.05, 3.63) is 64.5 Å². The van der Waals surface area contributed by atoms with Gasteiger partial charge in [0.2, 0.25) is 0 Å². The van der Waals surface area contributed by atoms with E-state index in [1.807, 2.05) is 4.83 Å². The summed E-state index contributed by atoms with van der Waals surface area (Å²) in [6, 6.07) is 10.5. The van der Waals surface area contributed by atoms with E-state index >= 15 is 0 Å². The van der Waals surface area contributed by atoms with Crippen molar-refractivity contribution < 1.29 is 29.3 Å². The highest BCUT2D eigenvalue weighted by atomic mass is 32.2. The number of rotatable bonds is 6. The minimum absolute atomic E-state index is 0.0220. The Morgan fingerprint density at radius 1 is 1.00 bits per heavy atom. The van der Waals surface area contributed by atoms with E-state index in [1.165, 1.54) is 18.2 Å². The van der Waals surface area contributed by atoms with Crippen LogP contribution in [0.2, 0.25) is 0 Å². The molecule has 2 aromatic rings. The van der Waals surface area contributed by atoms with Gasteiger partial charge in [-0.25, -0.2) is 15.2 Å². The van der Waals surface area contributed by atoms with Crippen LogP contribution in [0.5, 0.6) is 0 Å². The maximum Gasteiger partial charge on any atom is 0.276 e. The van der Waals surface area contributed by atoms with Gasteiger partial charge in [0.05, 0.1) is 16.7 Å². The van der Waals surface area contributed by atoms with E-state index in [2.05, 4.69) is 5.10 Å². The first-order valence-corrected chi connectivity index (χ1v) is 8.00. The Morgan fingerprint density at radius 2 is 1.62 bits per heavy atom. The summed E-state index contributed by atoms with van der Waals surface area (Å²) < 4.78 is 24.1. The molecule has 0 aliphatic rings. The van der Waals surface area contributed by atoms with Crippen LogP contribution in [0, 0.1) is 10.4 Å². The fourth-order valence-electron chi connectivity index (χ4n) is 1.80. The van der Waals surface area contributed by atoms with Crippen LogP contribution in [0.25, 0.3) is 0 Å². The molecule has 0 aliphatic carbocycles. The molecule has 0 bridgehead atoms. The molecule has 24 heavy (non-hydrogen) atoms. The Bertz CT molecular complexity index is 821. The molecular formula is C13H14N4O6S. The fourth-order valence-corrected chi connectivity index (χ4v) is 2.59. The zero-order chi connectivity index (χ0) is 17.7. The highest BCUT2D eigenvalue weighted by Gasteiger charge is 2.14. The van der Waals surface area contributed by atoms with Gasteiger partial charge in [-0.2, -0.15) is 24.0 Å². The average molecular weight is 354 g/mol. The Labute approximate surface area is 137 Å². The van der Waals surface area contributed by atoms with Crippen molar-refractivity contribution in [2.45, 2.75) is 4.90 Å². The zero-order valence-electron chi connectivity index (χ0n) is 12.1. The van der Waals surface area contributed by atoms with Gasteiger partial charge in [-0.3, -0.25) is 0 Å². The lowest BCUT2D eigenvalue weighted by Crippen LogP contribution is -2.99. The molecule has 5 N–H and O–H groups in total. The number of nitrogens with zero attached hydrogens (tertiary/aromatic N) is 1. The first kappa shape index (κ1) is 18.0. The summed E-state index contributed by atoms with van der Waals surface area (Å²) in [6.07, 6.45) is 1.08. The molecule has 0 amide bonds. The second-order valence-corrected chi connectivity index (χ2v) is 6.24. The van der Waals surface area contributed by atoms with Crippen molar-refractivity contribution in [2.75, 3.05) is 0 Å². The Morgan fingerprint density at radius 3 is 2.21 bits per heavy atom. The minimum atomic E-state index is -3.99. The Hall–Kier alpha value is -2.38. The smallest absolute Gasteiger partial charge is 0.276 e. The predicted octanol–water partition coefficient (Wildman–Crippen LogP) is -1.19. The van der Waals surface area contributed by atoms with E-state index in [1.54, 1.807) is 6.07 Å². The maximum atomic E-state index is 12.0. The van der Waals surface area contributed by atoms with Gasteiger partial charge in [0, 0.05) is 18.2 Å². The monoisotopic (exact) mass is 354 g/mol. The van der Waals surface area contributed by atoms with Crippen LogP contribution < -0.4 is 15.3 Å². The molecule has 0 aromatic heterocycles. The molecule has 128 valence electrons. The third kappa shape index (κ3) is 4.33. The molecule has 2 unspecified atom stereocenters. The van der Waals surface area contributed by atoms with Crippen molar-refractivity contribution in [1.82, 2.24) is 4.83 Å². The van der Waals surface area contributed by atoms with E-state index in [0.29, 0.717) is 0 Å². The van der Waals surface area contributed by atoms with Crippen molar-refractivity contribution in [3.8, 4) is 0 Å². The number of nitrogens with one attached hydrogen (secondary N) is 3. The Kier molecular flexibility index (Phi) is 5.58. The van der Waals surface area contributed by atoms with Crippen LogP contribution in [0.4, 0.5) is 11.4 Å². The van der Waals surface area contributed by atoms with Crippen molar-refractivity contribution in [3.63, 3.8) is 0 Å². The number of hydrazone groups is 1. The third-order valence-corrected chi connectivity index (χ3v) is 4.22. The van der Waals surface area contributed by atoms with Gasteiger partial charge in [0.25, 0.3) is 10.0 Å². The van der Waals surface area contributed by atoms with Gasteiger partial charge >= 0.3 is 0 Å². The molecule has 0 saturated heterocycles. The normalized spacial score (nSPS) is 14.5. The zero-order valence-corrected chi connectivity index (χ0v) is 12.9. The highest BCUT2D eigenvalue weighted by Crippen LogP contribution is 2.11. The quantitative estimate of drug-likeness (QED) is 0.324. The minimum Gasteiger partial charge on any atom is -0.595 e. The number of para-hydroxylation sites is 1. The highest BCUT2D eigenvalue weighted by molar-refractivity contribution is 7.89. The first-order valence-electron chi connectivity index (χ1n) is 6.52. The van der Waals surface area contributed by atoms with Crippen molar-refractivity contribution in [2.24, 2.45) is 5.10 Å². The van der Waals surface area contributed by atoms with Crippen LogP contribution in [0.3, 0.4) is 0 Å². The number of hydrogen-bond donors (Lipinski definition) is 5. The molecule has 0 aliphatic heterocycles. The van der Waals surface area contributed by atoms with E-state index in [-0.39, 0.29) is 21.8 Å². The summed E-state index contributed by atoms with van der Waals surface area (Å²) in [5.74, 6) is 0. The van der Waals surface area contributed by atoms with Crippen molar-refractivity contribution >= 4 is 27.6 Å². The van der Waals surface area contributed by atoms with Gasteiger partial charge in [-0.1, -0.05) is 12.1 Å². The van der Waals surface area contributed by atoms with E-state index < -0.39 is 20.5 Å². The van der Waals surface area contributed by atoms with E-state index in [4.69, 9.17) is 10.4 Å². The first-order chi connectivity index (χ1) is 11.3. The topological polar surface area (TPSA) is 154 Å². The molecule has 2 atom stereocenters. The fraction of sp³-hybridized carbons (Fsp3) is 0. The number of benzene rings is 2. The standard InChI is InChI=1S/C13H14N4O6S/c18-16(19)11-5-7-12(8-6-11)24(22,23)15-14-9-10-3-1-2-4-13(10)17(20)21/h1-9,15-18,20H/b14-9+. The van der Waals surface area contributed by atoms with Crippen LogP contribution in [0.15, 0.2) is 58.5 Å². The Balaban J connectivity index is 2.15. The molecule has 2 rings (SSSR count). The molecule has 0 radical (unpaired) electrons. The molecule has 0 saturated carbocycles. The molecule has 2 aromatic carbocycles. The van der Waals surface area contributed by atoms with Crippen LogP contribution >= 0.6 is 0 Å². The molecular weight excluding hydrogens is 340 g/mol. The van der Waals surface area contributed by atoms with Crippen LogP contribution in [-0.2, 0) is 10.0 Å². The summed E-state index contributed by atoms with van der Waals surface area (Å²) in [5, 5.41) is 40.8. The molecule has 0 heterocycles. The van der Waals surface area contributed by atoms with Crippen molar-refractivity contribution in [1.29, 1.82) is 0 Å². The second-order valence-electron chi connectivity index (χ2n) is 4.57. The summed E-state index contributed by atoms with van der Waals surface area (Å²) in [4.78, 5) is 1.77. The van der Waals surface area contributed by atoms with Gasteiger partial charge < -0.3 is 10.4 Å². The third-order valence-electron chi connectivity index (χ3n) is 2.98. The molecule has 0 fully saturated rings. The number of hydrogen-bond acceptors (Lipinski definition) is 7. The lowest BCUT2D eigenvalue weighted by Gasteiger charge is -2.13. The average Bonchev–Trinajstić information content (AvgIpc) is 2.55. The molecule has 11 heteroatoms. The summed E-state index contributed by atoms with van der Waals surface area (Å²) in [7, 11) is -3.99. The lowest BCUT2D eigenvalue weighted by molar-refractivity contribution is -0.991. The number of quaternary nitrogens is 2. The van der Waals surface area contributed by atoms with Gasteiger partial charge in [0.1, 0.15) is 0 Å². The molecule has 10 nitrogen and oxygen atoms in total. The van der Waals surface area contributed by atoms with Gasteiger partial charge in [-0.15, -0.1) is 0 Å². The molecule has 0 spiro atoms. The van der Waals surface area contributed by atoms with Gasteiger partial charge in [0.15, 0.2) is 11.4 Å².